The van der Waals surface area contributed by atoms with Crippen LogP contribution in [-0.2, 0) is 4.57 Å². The van der Waals surface area contributed by atoms with Crippen LogP contribution in [0.3, 0.4) is 0 Å². The maximum absolute atomic E-state index is 10.8. The number of carbonyl (C=O) groups excluding carboxylic acids is 1. The topological polar surface area (TPSA) is 93.1 Å². The Bertz CT molecular complexity index is 401. The SMILES string of the molecule is COc1ccc(OC(=O)P(=O)(O)O)cc1.[Na].[Na]. The molecule has 0 saturated carbocycles. The van der Waals surface area contributed by atoms with Crippen molar-refractivity contribution in [3.8, 4) is 11.5 Å². The summed E-state index contributed by atoms with van der Waals surface area (Å²) in [6.07, 6.45) is 0. The number of rotatable bonds is 3. The summed E-state index contributed by atoms with van der Waals surface area (Å²) in [7, 11) is -3.36. The maximum atomic E-state index is 10.8. The van der Waals surface area contributed by atoms with Gasteiger partial charge in [0.05, 0.1) is 7.11 Å². The van der Waals surface area contributed by atoms with Crippen molar-refractivity contribution in [2.24, 2.45) is 0 Å². The molecule has 2 radical (unpaired) electrons. The summed E-state index contributed by atoms with van der Waals surface area (Å²) in [6, 6.07) is 5.74. The summed E-state index contributed by atoms with van der Waals surface area (Å²) in [5, 5.41) is 0. The molecule has 84 valence electrons. The molecule has 2 N–H and O–H groups in total. The molecule has 0 aliphatic carbocycles. The molecular weight excluding hydrogens is 269 g/mol. The van der Waals surface area contributed by atoms with E-state index in [0.717, 1.165) is 0 Å². The molecule has 0 heterocycles. The predicted molar refractivity (Wildman–Crippen MR) is 62.6 cm³/mol. The molecule has 0 spiro atoms. The normalized spacial score (nSPS) is 9.59. The van der Waals surface area contributed by atoms with E-state index in [9.17, 15) is 9.36 Å². The summed E-state index contributed by atoms with van der Waals surface area (Å²) >= 11 is 0. The van der Waals surface area contributed by atoms with Crippen LogP contribution < -0.4 is 9.47 Å². The van der Waals surface area contributed by atoms with E-state index >= 15 is 0 Å². The molecule has 9 heteroatoms. The second-order valence-corrected chi connectivity index (χ2v) is 4.04. The van der Waals surface area contributed by atoms with Crippen LogP contribution in [0, 0.1) is 0 Å². The van der Waals surface area contributed by atoms with Crippen molar-refractivity contribution in [1.29, 1.82) is 0 Å². The van der Waals surface area contributed by atoms with Crippen LogP contribution in [0.1, 0.15) is 0 Å². The minimum absolute atomic E-state index is 0. The summed E-state index contributed by atoms with van der Waals surface area (Å²) in [5.41, 5.74) is -1.58. The molecule has 1 aromatic carbocycles. The van der Waals surface area contributed by atoms with Gasteiger partial charge in [0.25, 0.3) is 0 Å². The van der Waals surface area contributed by atoms with Gasteiger partial charge in [-0.05, 0) is 24.3 Å². The first-order valence-electron chi connectivity index (χ1n) is 3.85. The summed E-state index contributed by atoms with van der Waals surface area (Å²) in [6.45, 7) is 0. The first-order chi connectivity index (χ1) is 6.93. The third-order valence-corrected chi connectivity index (χ3v) is 2.07. The Morgan fingerprint density at radius 2 is 1.53 bits per heavy atom. The molecule has 0 bridgehead atoms. The van der Waals surface area contributed by atoms with Crippen molar-refractivity contribution in [2.75, 3.05) is 7.11 Å². The zero-order valence-corrected chi connectivity index (χ0v) is 14.7. The second-order valence-electron chi connectivity index (χ2n) is 2.59. The quantitative estimate of drug-likeness (QED) is 0.621. The van der Waals surface area contributed by atoms with Crippen molar-refractivity contribution in [3.63, 3.8) is 0 Å². The third-order valence-electron chi connectivity index (χ3n) is 1.50. The zero-order valence-electron chi connectivity index (χ0n) is 9.78. The molecule has 0 fully saturated rings. The third kappa shape index (κ3) is 6.96. The van der Waals surface area contributed by atoms with Crippen molar-refractivity contribution >= 4 is 72.4 Å². The second kappa shape index (κ2) is 8.69. The van der Waals surface area contributed by atoms with Crippen molar-refractivity contribution in [1.82, 2.24) is 0 Å². The molecule has 0 saturated heterocycles. The molecule has 0 amide bonds. The minimum atomic E-state index is -4.83. The van der Waals surface area contributed by atoms with Gasteiger partial charge in [-0.3, -0.25) is 0 Å². The van der Waals surface area contributed by atoms with Crippen LogP contribution in [0.5, 0.6) is 11.5 Å². The fraction of sp³-hybridized carbons (Fsp3) is 0.125. The Morgan fingerprint density at radius 1 is 1.12 bits per heavy atom. The van der Waals surface area contributed by atoms with Gasteiger partial charge in [-0.15, -0.1) is 0 Å². The number of ether oxygens (including phenoxy) is 2. The van der Waals surface area contributed by atoms with Crippen molar-refractivity contribution in [3.05, 3.63) is 24.3 Å². The Kier molecular flexibility index (Phi) is 10.2. The van der Waals surface area contributed by atoms with Crippen LogP contribution in [0.4, 0.5) is 4.79 Å². The average molecular weight is 278 g/mol. The van der Waals surface area contributed by atoms with Gasteiger partial charge in [-0.1, -0.05) is 0 Å². The average Bonchev–Trinajstić information content (AvgIpc) is 2.17. The molecule has 1 rings (SSSR count). The molecule has 0 aliphatic rings. The number of hydrogen-bond acceptors (Lipinski definition) is 4. The fourth-order valence-electron chi connectivity index (χ4n) is 0.804. The van der Waals surface area contributed by atoms with E-state index in [1.165, 1.54) is 31.4 Å². The van der Waals surface area contributed by atoms with Crippen molar-refractivity contribution in [2.45, 2.75) is 0 Å². The van der Waals surface area contributed by atoms with Gasteiger partial charge < -0.3 is 19.3 Å². The van der Waals surface area contributed by atoms with Gasteiger partial charge >= 0.3 is 13.3 Å². The standard InChI is InChI=1S/C8H9O6P.2Na/c1-13-6-2-4-7(5-3-6)14-8(9)15(10,11)12;;/h2-5H,1H3,(H2,10,11,12);;. The number of methoxy groups -OCH3 is 1. The molecular formula is C8H9Na2O6P. The van der Waals surface area contributed by atoms with Crippen LogP contribution in [0.2, 0.25) is 0 Å². The van der Waals surface area contributed by atoms with Crippen LogP contribution in [0.25, 0.3) is 0 Å². The molecule has 0 unspecified atom stereocenters. The molecule has 0 atom stereocenters. The molecule has 6 nitrogen and oxygen atoms in total. The molecule has 1 aromatic rings. The summed E-state index contributed by atoms with van der Waals surface area (Å²) in [5.74, 6) is 0.593. The molecule has 0 aliphatic heterocycles. The number of benzene rings is 1. The molecule has 17 heavy (non-hydrogen) atoms. The number of carbonyl (C=O) groups is 1. The fourth-order valence-corrected chi connectivity index (χ4v) is 1.03. The Balaban J connectivity index is 0. The first-order valence-corrected chi connectivity index (χ1v) is 5.46. The van der Waals surface area contributed by atoms with Gasteiger partial charge in [0.15, 0.2) is 0 Å². The number of hydrogen-bond donors (Lipinski definition) is 2. The van der Waals surface area contributed by atoms with Crippen LogP contribution >= 0.6 is 7.60 Å². The van der Waals surface area contributed by atoms with E-state index in [2.05, 4.69) is 4.74 Å². The van der Waals surface area contributed by atoms with E-state index in [0.29, 0.717) is 5.75 Å². The van der Waals surface area contributed by atoms with E-state index in [1.807, 2.05) is 0 Å². The maximum Gasteiger partial charge on any atom is 0.433 e. The minimum Gasteiger partial charge on any atom is -0.497 e. The zero-order chi connectivity index (χ0) is 11.5. The monoisotopic (exact) mass is 278 g/mol. The summed E-state index contributed by atoms with van der Waals surface area (Å²) in [4.78, 5) is 27.7. The summed E-state index contributed by atoms with van der Waals surface area (Å²) < 4.78 is 19.7. The smallest absolute Gasteiger partial charge is 0.433 e. The van der Waals surface area contributed by atoms with Gasteiger partial charge in [0.1, 0.15) is 11.5 Å². The predicted octanol–water partition coefficient (Wildman–Crippen LogP) is 0.610. The Morgan fingerprint density at radius 3 is 1.88 bits per heavy atom. The van der Waals surface area contributed by atoms with Gasteiger partial charge in [0, 0.05) is 59.1 Å². The van der Waals surface area contributed by atoms with E-state index < -0.39 is 13.3 Å². The molecule has 0 aromatic heterocycles. The van der Waals surface area contributed by atoms with E-state index in [4.69, 9.17) is 14.5 Å². The van der Waals surface area contributed by atoms with Gasteiger partial charge in [-0.25, -0.2) is 9.36 Å². The first kappa shape index (κ1) is 20.0. The van der Waals surface area contributed by atoms with Crippen LogP contribution in [0.15, 0.2) is 24.3 Å². The largest absolute Gasteiger partial charge is 0.497 e. The van der Waals surface area contributed by atoms with Gasteiger partial charge in [-0.2, -0.15) is 0 Å². The Hall–Kier alpha value is 0.640. The van der Waals surface area contributed by atoms with Gasteiger partial charge in [0.2, 0.25) is 0 Å². The van der Waals surface area contributed by atoms with Crippen molar-refractivity contribution < 1.29 is 28.6 Å². The van der Waals surface area contributed by atoms with Crippen LogP contribution in [-0.4, -0.2) is 81.7 Å². The Labute approximate surface area is 142 Å². The van der Waals surface area contributed by atoms with E-state index in [1.54, 1.807) is 0 Å². The van der Waals surface area contributed by atoms with E-state index in [-0.39, 0.29) is 64.9 Å².